The molecule has 0 unspecified atom stereocenters. The topological polar surface area (TPSA) is 49.6 Å². The van der Waals surface area contributed by atoms with Crippen molar-refractivity contribution in [2.75, 3.05) is 36.0 Å². The minimum atomic E-state index is 0.922. The van der Waals surface area contributed by atoms with E-state index < -0.39 is 0 Å². The van der Waals surface area contributed by atoms with E-state index in [-0.39, 0.29) is 0 Å². The lowest BCUT2D eigenvalue weighted by atomic mass is 10.3. The number of hydrogen-bond donors (Lipinski definition) is 0. The van der Waals surface area contributed by atoms with Gasteiger partial charge in [0.05, 0.1) is 10.2 Å². The monoisotopic (exact) mass is 336 g/mol. The average Bonchev–Trinajstić information content (AvgIpc) is 3.28. The quantitative estimate of drug-likeness (QED) is 0.563. The standard InChI is InChI=1S/C17H16N6S/c1-2-4-14-13(3-1)20-17(24-14)23-11-9-22(10-12-23)16-15-18-5-7-21(15)8-6-19-16/h1-8H,9-12H2. The smallest absolute Gasteiger partial charge is 0.186 e. The molecule has 1 aromatic carbocycles. The molecule has 0 amide bonds. The van der Waals surface area contributed by atoms with Crippen molar-refractivity contribution in [3.05, 3.63) is 49.1 Å². The van der Waals surface area contributed by atoms with Crippen molar-refractivity contribution in [2.45, 2.75) is 0 Å². The van der Waals surface area contributed by atoms with Crippen molar-refractivity contribution in [3.8, 4) is 0 Å². The summed E-state index contributed by atoms with van der Waals surface area (Å²) in [5, 5.41) is 1.11. The van der Waals surface area contributed by atoms with Crippen LogP contribution in [0, 0.1) is 0 Å². The van der Waals surface area contributed by atoms with Gasteiger partial charge in [-0.25, -0.2) is 15.0 Å². The summed E-state index contributed by atoms with van der Waals surface area (Å²) in [6, 6.07) is 8.32. The van der Waals surface area contributed by atoms with Crippen LogP contribution >= 0.6 is 11.3 Å². The first kappa shape index (κ1) is 13.7. The highest BCUT2D eigenvalue weighted by molar-refractivity contribution is 7.22. The number of hydrogen-bond acceptors (Lipinski definition) is 6. The molecule has 5 rings (SSSR count). The molecule has 4 heterocycles. The number of fused-ring (bicyclic) bond motifs is 2. The SMILES string of the molecule is c1ccc2sc(N3CCN(c4nccn5ccnc45)CC3)nc2c1. The van der Waals surface area contributed by atoms with E-state index in [1.165, 1.54) is 4.70 Å². The minimum absolute atomic E-state index is 0.922. The maximum Gasteiger partial charge on any atom is 0.186 e. The van der Waals surface area contributed by atoms with E-state index in [0.717, 1.165) is 48.3 Å². The van der Waals surface area contributed by atoms with E-state index in [0.29, 0.717) is 0 Å². The highest BCUT2D eigenvalue weighted by atomic mass is 32.1. The highest BCUT2D eigenvalue weighted by Crippen LogP contribution is 2.29. The van der Waals surface area contributed by atoms with E-state index in [4.69, 9.17) is 4.98 Å². The lowest BCUT2D eigenvalue weighted by Gasteiger charge is -2.35. The summed E-state index contributed by atoms with van der Waals surface area (Å²) < 4.78 is 3.26. The third-order valence-corrected chi connectivity index (χ3v) is 5.52. The molecule has 6 nitrogen and oxygen atoms in total. The molecule has 4 aromatic rings. The number of rotatable bonds is 2. The van der Waals surface area contributed by atoms with Crippen LogP contribution in [0.1, 0.15) is 0 Å². The van der Waals surface area contributed by atoms with Crippen LogP contribution in [0.5, 0.6) is 0 Å². The molecule has 0 radical (unpaired) electrons. The maximum absolute atomic E-state index is 4.77. The van der Waals surface area contributed by atoms with Gasteiger partial charge in [-0.3, -0.25) is 0 Å². The lowest BCUT2D eigenvalue weighted by Crippen LogP contribution is -2.47. The molecule has 0 N–H and O–H groups in total. The number of nitrogens with zero attached hydrogens (tertiary/aromatic N) is 6. The lowest BCUT2D eigenvalue weighted by molar-refractivity contribution is 0.646. The Kier molecular flexibility index (Phi) is 3.12. The summed E-state index contributed by atoms with van der Waals surface area (Å²) in [4.78, 5) is 18.4. The summed E-state index contributed by atoms with van der Waals surface area (Å²) >= 11 is 1.77. The molecule has 1 aliphatic heterocycles. The van der Waals surface area contributed by atoms with Gasteiger partial charge in [0.1, 0.15) is 0 Å². The Morgan fingerprint density at radius 2 is 1.62 bits per heavy atom. The Labute approximate surface area is 143 Å². The second kappa shape index (κ2) is 5.45. The zero-order valence-electron chi connectivity index (χ0n) is 13.0. The van der Waals surface area contributed by atoms with Crippen molar-refractivity contribution in [1.82, 2.24) is 19.4 Å². The van der Waals surface area contributed by atoms with Gasteiger partial charge in [0, 0.05) is 51.0 Å². The Balaban J connectivity index is 1.38. The van der Waals surface area contributed by atoms with E-state index in [1.54, 1.807) is 11.3 Å². The van der Waals surface area contributed by atoms with Crippen LogP contribution in [-0.4, -0.2) is 45.5 Å². The van der Waals surface area contributed by atoms with Crippen LogP contribution in [0.4, 0.5) is 10.9 Å². The second-order valence-corrected chi connectivity index (χ2v) is 6.86. The van der Waals surface area contributed by atoms with Gasteiger partial charge < -0.3 is 14.2 Å². The molecule has 1 aliphatic rings. The summed E-state index contributed by atoms with van der Waals surface area (Å²) in [5.74, 6) is 0.964. The van der Waals surface area contributed by atoms with E-state index in [2.05, 4.69) is 38.0 Å². The first-order valence-electron chi connectivity index (χ1n) is 8.02. The minimum Gasteiger partial charge on any atom is -0.350 e. The Hall–Kier alpha value is -2.67. The zero-order valence-corrected chi connectivity index (χ0v) is 13.9. The van der Waals surface area contributed by atoms with Crippen LogP contribution in [0.3, 0.4) is 0 Å². The van der Waals surface area contributed by atoms with E-state index in [1.807, 2.05) is 35.3 Å². The molecule has 0 saturated carbocycles. The number of para-hydroxylation sites is 1. The molecule has 24 heavy (non-hydrogen) atoms. The molecular formula is C17H16N6S. The number of anilines is 2. The molecule has 0 atom stereocenters. The largest absolute Gasteiger partial charge is 0.350 e. The number of imidazole rings is 1. The zero-order chi connectivity index (χ0) is 15.9. The second-order valence-electron chi connectivity index (χ2n) is 5.85. The fourth-order valence-electron chi connectivity index (χ4n) is 3.17. The average molecular weight is 336 g/mol. The van der Waals surface area contributed by atoms with Gasteiger partial charge >= 0.3 is 0 Å². The first-order valence-corrected chi connectivity index (χ1v) is 8.83. The summed E-state index contributed by atoms with van der Waals surface area (Å²) in [5.41, 5.74) is 2.01. The van der Waals surface area contributed by atoms with Crippen LogP contribution in [0.25, 0.3) is 15.9 Å². The Morgan fingerprint density at radius 1 is 0.875 bits per heavy atom. The number of thiazole rings is 1. The molecule has 0 spiro atoms. The number of benzene rings is 1. The molecular weight excluding hydrogens is 320 g/mol. The van der Waals surface area contributed by atoms with Gasteiger partial charge in [-0.2, -0.15) is 0 Å². The van der Waals surface area contributed by atoms with Gasteiger partial charge in [-0.1, -0.05) is 23.5 Å². The van der Waals surface area contributed by atoms with Crippen LogP contribution < -0.4 is 9.80 Å². The van der Waals surface area contributed by atoms with E-state index in [9.17, 15) is 0 Å². The summed E-state index contributed by atoms with van der Waals surface area (Å²) in [6.45, 7) is 3.75. The normalized spacial score (nSPS) is 15.5. The van der Waals surface area contributed by atoms with Gasteiger partial charge in [-0.05, 0) is 12.1 Å². The van der Waals surface area contributed by atoms with Gasteiger partial charge in [0.25, 0.3) is 0 Å². The maximum atomic E-state index is 4.77. The van der Waals surface area contributed by atoms with Gasteiger partial charge in [-0.15, -0.1) is 0 Å². The Bertz CT molecular complexity index is 965. The fourth-order valence-corrected chi connectivity index (χ4v) is 4.19. The molecule has 120 valence electrons. The molecule has 7 heteroatoms. The van der Waals surface area contributed by atoms with Gasteiger partial charge in [0.2, 0.25) is 0 Å². The molecule has 1 saturated heterocycles. The van der Waals surface area contributed by atoms with Crippen molar-refractivity contribution < 1.29 is 0 Å². The summed E-state index contributed by atoms with van der Waals surface area (Å²) in [7, 11) is 0. The number of piperazine rings is 1. The fraction of sp³-hybridized carbons (Fsp3) is 0.235. The summed E-state index contributed by atoms with van der Waals surface area (Å²) in [6.07, 6.45) is 7.54. The highest BCUT2D eigenvalue weighted by Gasteiger charge is 2.22. The van der Waals surface area contributed by atoms with Crippen molar-refractivity contribution >= 4 is 38.2 Å². The first-order chi connectivity index (χ1) is 11.9. The Morgan fingerprint density at radius 3 is 2.46 bits per heavy atom. The van der Waals surface area contributed by atoms with Gasteiger partial charge in [0.15, 0.2) is 16.6 Å². The van der Waals surface area contributed by atoms with E-state index >= 15 is 0 Å². The van der Waals surface area contributed by atoms with Crippen LogP contribution in [0.2, 0.25) is 0 Å². The molecule has 0 bridgehead atoms. The van der Waals surface area contributed by atoms with Crippen molar-refractivity contribution in [1.29, 1.82) is 0 Å². The van der Waals surface area contributed by atoms with Crippen LogP contribution in [0.15, 0.2) is 49.1 Å². The molecule has 1 fully saturated rings. The number of aromatic nitrogens is 4. The molecule has 0 aliphatic carbocycles. The predicted molar refractivity (Wildman–Crippen MR) is 97.0 cm³/mol. The third-order valence-electron chi connectivity index (χ3n) is 4.43. The third kappa shape index (κ3) is 2.20. The predicted octanol–water partition coefficient (Wildman–Crippen LogP) is 2.67. The molecule has 3 aromatic heterocycles. The van der Waals surface area contributed by atoms with Crippen molar-refractivity contribution in [3.63, 3.8) is 0 Å². The van der Waals surface area contributed by atoms with Crippen LogP contribution in [-0.2, 0) is 0 Å². The van der Waals surface area contributed by atoms with Crippen molar-refractivity contribution in [2.24, 2.45) is 0 Å².